The molecule has 0 saturated heterocycles. The van der Waals surface area contributed by atoms with Crippen LogP contribution in [-0.4, -0.2) is 17.3 Å². The van der Waals surface area contributed by atoms with Crippen molar-refractivity contribution >= 4 is 0 Å². The van der Waals surface area contributed by atoms with Crippen LogP contribution in [0.4, 0.5) is 0 Å². The number of hydrogen-bond donors (Lipinski definition) is 1. The Bertz CT molecular complexity index is 525. The molecule has 0 radical (unpaired) electrons. The zero-order valence-corrected chi connectivity index (χ0v) is 10.3. The van der Waals surface area contributed by atoms with E-state index in [9.17, 15) is 0 Å². The molecule has 2 rings (SSSR count). The summed E-state index contributed by atoms with van der Waals surface area (Å²) in [6.07, 6.45) is 0. The Kier molecular flexibility index (Phi) is 3.78. The van der Waals surface area contributed by atoms with Crippen LogP contribution in [0.25, 0.3) is 0 Å². The molecule has 96 valence electrons. The van der Waals surface area contributed by atoms with Crippen LogP contribution >= 0.6 is 0 Å². The van der Waals surface area contributed by atoms with E-state index in [-0.39, 0.29) is 13.2 Å². The molecule has 1 aromatic carbocycles. The fraction of sp³-hybridized carbons (Fsp3) is 0.333. The summed E-state index contributed by atoms with van der Waals surface area (Å²) in [5, 5.41) is 3.74. The van der Waals surface area contributed by atoms with Crippen molar-refractivity contribution in [2.24, 2.45) is 5.73 Å². The number of rotatable bonds is 5. The third-order valence-corrected chi connectivity index (χ3v) is 2.36. The lowest BCUT2D eigenvalue weighted by Gasteiger charge is -2.09. The highest BCUT2D eigenvalue weighted by Gasteiger charge is 2.08. The first-order valence-electron chi connectivity index (χ1n) is 5.52. The molecule has 0 bridgehead atoms. The van der Waals surface area contributed by atoms with Crippen LogP contribution in [0.5, 0.6) is 11.5 Å². The zero-order valence-electron chi connectivity index (χ0n) is 10.3. The molecule has 0 amide bonds. The van der Waals surface area contributed by atoms with E-state index in [0.717, 1.165) is 5.56 Å². The van der Waals surface area contributed by atoms with Gasteiger partial charge in [0.1, 0.15) is 0 Å². The predicted octanol–water partition coefficient (Wildman–Crippen LogP) is 1.42. The van der Waals surface area contributed by atoms with Crippen LogP contribution in [0, 0.1) is 6.92 Å². The second kappa shape index (κ2) is 5.50. The first kappa shape index (κ1) is 12.4. The van der Waals surface area contributed by atoms with Gasteiger partial charge < -0.3 is 19.7 Å². The van der Waals surface area contributed by atoms with Gasteiger partial charge in [-0.3, -0.25) is 0 Å². The highest BCUT2D eigenvalue weighted by molar-refractivity contribution is 5.42. The van der Waals surface area contributed by atoms with Crippen molar-refractivity contribution in [1.82, 2.24) is 10.1 Å². The quantitative estimate of drug-likeness (QED) is 0.862. The number of benzene rings is 1. The van der Waals surface area contributed by atoms with E-state index < -0.39 is 0 Å². The number of hydrogen-bond acceptors (Lipinski definition) is 6. The van der Waals surface area contributed by atoms with Crippen LogP contribution in [0.2, 0.25) is 0 Å². The van der Waals surface area contributed by atoms with Gasteiger partial charge in [0.2, 0.25) is 11.7 Å². The predicted molar refractivity (Wildman–Crippen MR) is 64.3 cm³/mol. The van der Waals surface area contributed by atoms with E-state index in [0.29, 0.717) is 23.2 Å². The number of methoxy groups -OCH3 is 1. The second-order valence-corrected chi connectivity index (χ2v) is 3.75. The maximum absolute atomic E-state index is 5.58. The molecule has 1 aromatic heterocycles. The maximum Gasteiger partial charge on any atom is 0.240 e. The van der Waals surface area contributed by atoms with Gasteiger partial charge in [0, 0.05) is 0 Å². The maximum atomic E-state index is 5.58. The van der Waals surface area contributed by atoms with Crippen LogP contribution in [-0.2, 0) is 13.2 Å². The third kappa shape index (κ3) is 2.78. The minimum absolute atomic E-state index is 0.211. The van der Waals surface area contributed by atoms with Gasteiger partial charge in [-0.1, -0.05) is 11.2 Å². The molecule has 2 aromatic rings. The van der Waals surface area contributed by atoms with Crippen molar-refractivity contribution in [2.75, 3.05) is 7.11 Å². The molecule has 0 spiro atoms. The van der Waals surface area contributed by atoms with Crippen molar-refractivity contribution in [3.05, 3.63) is 35.5 Å². The zero-order chi connectivity index (χ0) is 13.0. The standard InChI is InChI=1S/C12H15N3O3/c1-8-3-4-9(10(5-8)16-2)17-7-11-14-12(6-13)18-15-11/h3-5H,6-7,13H2,1-2H3. The summed E-state index contributed by atoms with van der Waals surface area (Å²) in [5.74, 6) is 2.17. The number of nitrogens with two attached hydrogens (primary N) is 1. The molecule has 0 aliphatic heterocycles. The monoisotopic (exact) mass is 249 g/mol. The van der Waals surface area contributed by atoms with Crippen LogP contribution in [0.1, 0.15) is 17.3 Å². The lowest BCUT2D eigenvalue weighted by atomic mass is 10.2. The van der Waals surface area contributed by atoms with Gasteiger partial charge in [0.25, 0.3) is 0 Å². The molecule has 1 heterocycles. The molecular formula is C12H15N3O3. The largest absolute Gasteiger partial charge is 0.493 e. The Morgan fingerprint density at radius 1 is 1.33 bits per heavy atom. The smallest absolute Gasteiger partial charge is 0.240 e. The Hall–Kier alpha value is -2.08. The van der Waals surface area contributed by atoms with E-state index >= 15 is 0 Å². The molecule has 0 fully saturated rings. The van der Waals surface area contributed by atoms with Gasteiger partial charge in [0.15, 0.2) is 18.1 Å². The van der Waals surface area contributed by atoms with Gasteiger partial charge >= 0.3 is 0 Å². The average Bonchev–Trinajstić information content (AvgIpc) is 2.85. The van der Waals surface area contributed by atoms with Crippen molar-refractivity contribution in [3.8, 4) is 11.5 Å². The highest BCUT2D eigenvalue weighted by atomic mass is 16.5. The Morgan fingerprint density at radius 2 is 2.17 bits per heavy atom. The average molecular weight is 249 g/mol. The van der Waals surface area contributed by atoms with Crippen molar-refractivity contribution in [1.29, 1.82) is 0 Å². The highest BCUT2D eigenvalue weighted by Crippen LogP contribution is 2.28. The minimum Gasteiger partial charge on any atom is -0.493 e. The summed E-state index contributed by atoms with van der Waals surface area (Å²) in [6, 6.07) is 5.69. The van der Waals surface area contributed by atoms with Crippen molar-refractivity contribution in [2.45, 2.75) is 20.1 Å². The van der Waals surface area contributed by atoms with Gasteiger partial charge in [0.05, 0.1) is 13.7 Å². The molecule has 6 heteroatoms. The minimum atomic E-state index is 0.211. The van der Waals surface area contributed by atoms with E-state index in [2.05, 4.69) is 10.1 Å². The van der Waals surface area contributed by atoms with Crippen molar-refractivity contribution in [3.63, 3.8) is 0 Å². The summed E-state index contributed by atoms with van der Waals surface area (Å²) in [4.78, 5) is 4.05. The van der Waals surface area contributed by atoms with Gasteiger partial charge in [-0.15, -0.1) is 0 Å². The molecule has 0 atom stereocenters. The fourth-order valence-electron chi connectivity index (χ4n) is 1.47. The van der Waals surface area contributed by atoms with E-state index in [1.165, 1.54) is 0 Å². The summed E-state index contributed by atoms with van der Waals surface area (Å²) >= 11 is 0. The molecular weight excluding hydrogens is 234 g/mol. The van der Waals surface area contributed by atoms with Crippen LogP contribution < -0.4 is 15.2 Å². The SMILES string of the molecule is COc1cc(C)ccc1OCc1noc(CN)n1. The lowest BCUT2D eigenvalue weighted by Crippen LogP contribution is -2.01. The molecule has 18 heavy (non-hydrogen) atoms. The number of nitrogens with zero attached hydrogens (tertiary/aromatic N) is 2. The normalized spacial score (nSPS) is 10.4. The fourth-order valence-corrected chi connectivity index (χ4v) is 1.47. The number of aromatic nitrogens is 2. The third-order valence-electron chi connectivity index (χ3n) is 2.36. The molecule has 0 saturated carbocycles. The van der Waals surface area contributed by atoms with E-state index in [1.807, 2.05) is 25.1 Å². The summed E-state index contributed by atoms with van der Waals surface area (Å²) < 4.78 is 15.7. The van der Waals surface area contributed by atoms with Crippen LogP contribution in [0.15, 0.2) is 22.7 Å². The van der Waals surface area contributed by atoms with Gasteiger partial charge in [-0.05, 0) is 24.6 Å². The summed E-state index contributed by atoms with van der Waals surface area (Å²) in [5.41, 5.74) is 6.48. The topological polar surface area (TPSA) is 83.4 Å². The van der Waals surface area contributed by atoms with Gasteiger partial charge in [-0.25, -0.2) is 0 Å². The Balaban J connectivity index is 2.05. The summed E-state index contributed by atoms with van der Waals surface area (Å²) in [6.45, 7) is 2.42. The molecule has 0 aliphatic rings. The Labute approximate surface area is 105 Å². The van der Waals surface area contributed by atoms with Crippen LogP contribution in [0.3, 0.4) is 0 Å². The first-order chi connectivity index (χ1) is 8.72. The second-order valence-electron chi connectivity index (χ2n) is 3.75. The van der Waals surface area contributed by atoms with Crippen molar-refractivity contribution < 1.29 is 14.0 Å². The molecule has 2 N–H and O–H groups in total. The Morgan fingerprint density at radius 3 is 2.83 bits per heavy atom. The molecule has 6 nitrogen and oxygen atoms in total. The summed E-state index contributed by atoms with van der Waals surface area (Å²) in [7, 11) is 1.60. The first-order valence-corrected chi connectivity index (χ1v) is 5.52. The van der Waals surface area contributed by atoms with Gasteiger partial charge in [-0.2, -0.15) is 4.98 Å². The lowest BCUT2D eigenvalue weighted by molar-refractivity contribution is 0.269. The molecule has 0 aliphatic carbocycles. The molecule has 0 unspecified atom stereocenters. The van der Waals surface area contributed by atoms with E-state index in [4.69, 9.17) is 19.7 Å². The van der Waals surface area contributed by atoms with E-state index in [1.54, 1.807) is 7.11 Å². The number of aryl methyl sites for hydroxylation is 1. The number of ether oxygens (including phenoxy) is 2.